The van der Waals surface area contributed by atoms with Gasteiger partial charge in [0.1, 0.15) is 42.7 Å². The lowest BCUT2D eigenvalue weighted by Crippen LogP contribution is -2.65. The molecule has 2 saturated carbocycles. The minimum Gasteiger partial charge on any atom is -0.394 e. The van der Waals surface area contributed by atoms with Crippen LogP contribution in [0.5, 0.6) is 0 Å². The molecule has 0 aromatic carbocycles. The second kappa shape index (κ2) is 11.5. The second-order valence-electron chi connectivity index (χ2n) is 14.7. The summed E-state index contributed by atoms with van der Waals surface area (Å²) in [6.07, 6.45) is -1.12. The van der Waals surface area contributed by atoms with Crippen molar-refractivity contribution in [2.24, 2.45) is 34.5 Å². The topological polar surface area (TPSA) is 166 Å². The van der Waals surface area contributed by atoms with Crippen molar-refractivity contribution in [3.8, 4) is 0 Å². The van der Waals surface area contributed by atoms with Gasteiger partial charge in [-0.2, -0.15) is 0 Å². The summed E-state index contributed by atoms with van der Waals surface area (Å²) in [4.78, 5) is 12.4. The maximum absolute atomic E-state index is 12.4. The number of carbonyl (C=O) groups is 1. The van der Waals surface area contributed by atoms with E-state index in [1.54, 1.807) is 6.92 Å². The number of allylic oxidation sites excluding steroid dienone is 4. The fourth-order valence-corrected chi connectivity index (χ4v) is 10.0. The van der Waals surface area contributed by atoms with Gasteiger partial charge in [-0.05, 0) is 98.9 Å². The molecule has 0 radical (unpaired) electrons. The monoisotopic (exact) mass is 606 g/mol. The first kappa shape index (κ1) is 31.8. The van der Waals surface area contributed by atoms with Crippen LogP contribution >= 0.6 is 0 Å². The maximum Gasteiger partial charge on any atom is 0.187 e. The number of ketones is 1. The molecule has 6 aliphatic rings. The van der Waals surface area contributed by atoms with Crippen molar-refractivity contribution in [2.75, 3.05) is 6.61 Å². The summed E-state index contributed by atoms with van der Waals surface area (Å²) in [7, 11) is 0. The van der Waals surface area contributed by atoms with Crippen LogP contribution < -0.4 is 0 Å². The highest BCUT2D eigenvalue weighted by Crippen LogP contribution is 2.65. The molecule has 10 nitrogen and oxygen atoms in total. The summed E-state index contributed by atoms with van der Waals surface area (Å²) in [5.41, 5.74) is 2.41. The Labute approximate surface area is 253 Å². The van der Waals surface area contributed by atoms with Gasteiger partial charge in [-0.25, -0.2) is 0 Å². The lowest BCUT2D eigenvalue weighted by molar-refractivity contribution is -0.340. The van der Waals surface area contributed by atoms with Crippen LogP contribution in [0, 0.1) is 34.5 Å². The van der Waals surface area contributed by atoms with Crippen molar-refractivity contribution in [2.45, 2.75) is 134 Å². The molecule has 2 saturated heterocycles. The van der Waals surface area contributed by atoms with Crippen LogP contribution in [0.3, 0.4) is 0 Å². The Morgan fingerprint density at radius 3 is 2.33 bits per heavy atom. The molecule has 4 fully saturated rings. The third-order valence-electron chi connectivity index (χ3n) is 12.6. The summed E-state index contributed by atoms with van der Waals surface area (Å²) in [5, 5.41) is 63.3. The van der Waals surface area contributed by atoms with Crippen molar-refractivity contribution in [3.63, 3.8) is 0 Å². The molecule has 2 heterocycles. The van der Waals surface area contributed by atoms with Crippen molar-refractivity contribution >= 4 is 5.78 Å². The van der Waals surface area contributed by atoms with Crippen LogP contribution in [-0.2, 0) is 19.0 Å². The van der Waals surface area contributed by atoms with Gasteiger partial charge in [0.05, 0.1) is 18.8 Å². The molecule has 10 heteroatoms. The van der Waals surface area contributed by atoms with E-state index in [2.05, 4.69) is 26.0 Å². The van der Waals surface area contributed by atoms with Crippen molar-refractivity contribution in [1.82, 2.24) is 0 Å². The van der Waals surface area contributed by atoms with Gasteiger partial charge in [0, 0.05) is 0 Å². The molecule has 16 atom stereocenters. The van der Waals surface area contributed by atoms with Gasteiger partial charge in [0.15, 0.2) is 12.1 Å². The third kappa shape index (κ3) is 5.00. The van der Waals surface area contributed by atoms with E-state index in [9.17, 15) is 35.4 Å². The Morgan fingerprint density at radius 2 is 1.63 bits per heavy atom. The molecular formula is C33H50O10. The molecule has 6 N–H and O–H groups in total. The fourth-order valence-electron chi connectivity index (χ4n) is 10.0. The Morgan fingerprint density at radius 1 is 0.907 bits per heavy atom. The van der Waals surface area contributed by atoms with Crippen LogP contribution in [0.4, 0.5) is 0 Å². The number of hydrogen-bond donors (Lipinski definition) is 6. The zero-order chi connectivity index (χ0) is 31.0. The average molecular weight is 607 g/mol. The number of carbonyl (C=O) groups excluding carboxylic acids is 1. The van der Waals surface area contributed by atoms with Gasteiger partial charge >= 0.3 is 0 Å². The predicted octanol–water partition coefficient (Wildman–Crippen LogP) is 1.38. The zero-order valence-corrected chi connectivity index (χ0v) is 25.7. The van der Waals surface area contributed by atoms with Gasteiger partial charge in [0.25, 0.3) is 0 Å². The van der Waals surface area contributed by atoms with E-state index < -0.39 is 67.8 Å². The molecule has 0 unspecified atom stereocenters. The maximum atomic E-state index is 12.4. The van der Waals surface area contributed by atoms with Crippen LogP contribution in [0.15, 0.2) is 23.3 Å². The van der Waals surface area contributed by atoms with Gasteiger partial charge in [0.2, 0.25) is 0 Å². The van der Waals surface area contributed by atoms with E-state index in [0.717, 1.165) is 50.5 Å². The molecule has 0 aromatic heterocycles. The molecular weight excluding hydrogens is 556 g/mol. The number of Topliss-reactive ketones (excluding diaryl/α,β-unsaturated/α-hetero) is 1. The SMILES string of the molecule is CC(=O)C1=CC[C@H]2[C@@H]3CC=C4C[C@@H]([C@@H]5O[C@H](CO)[C@@H](O[C@@H]6O[C@@H](C)[C@H](O)[C@@H](O)[C@H]6O)[C@H](O)[C@H]5O)CC[C@]4(C)[C@H]3CC[C@]12C. The van der Waals surface area contributed by atoms with Gasteiger partial charge in [-0.15, -0.1) is 0 Å². The summed E-state index contributed by atoms with van der Waals surface area (Å²) < 4.78 is 17.6. The third-order valence-corrected chi connectivity index (χ3v) is 12.6. The van der Waals surface area contributed by atoms with Crippen LogP contribution in [-0.4, -0.2) is 104 Å². The number of fused-ring (bicyclic) bond motifs is 5. The second-order valence-corrected chi connectivity index (χ2v) is 14.7. The Bertz CT molecular complexity index is 1140. The van der Waals surface area contributed by atoms with E-state index in [1.165, 1.54) is 12.5 Å². The number of ether oxygens (including phenoxy) is 3. The molecule has 0 aromatic rings. The molecule has 0 bridgehead atoms. The van der Waals surface area contributed by atoms with Crippen molar-refractivity contribution in [3.05, 3.63) is 23.3 Å². The predicted molar refractivity (Wildman–Crippen MR) is 154 cm³/mol. The summed E-state index contributed by atoms with van der Waals surface area (Å²) in [5.74, 6) is 1.70. The first-order valence-electron chi connectivity index (χ1n) is 16.2. The van der Waals surface area contributed by atoms with Crippen LogP contribution in [0.1, 0.15) is 72.6 Å². The largest absolute Gasteiger partial charge is 0.394 e. The Balaban J connectivity index is 1.15. The molecule has 242 valence electrons. The fraction of sp³-hybridized carbons (Fsp3) is 0.848. The van der Waals surface area contributed by atoms with Gasteiger partial charge in [-0.1, -0.05) is 31.6 Å². The van der Waals surface area contributed by atoms with Crippen molar-refractivity contribution < 1.29 is 49.6 Å². The average Bonchev–Trinajstić information content (AvgIpc) is 3.34. The highest BCUT2D eigenvalue weighted by Gasteiger charge is 2.59. The standard InChI is InChI=1S/C33H50O10/c1-15(35)20-7-8-21-19-6-5-18-13-17(9-11-32(18,3)22(19)10-12-33(20,21)4)29-26(38)27(39)30(23(14-34)42-29)43-31-28(40)25(37)24(36)16(2)41-31/h5,7,16-17,19,21-31,34,36-40H,6,8-14H2,1-4H3/t16-,17-,19-,21-,22-,23+,24-,25+,26+,27+,28+,29-,30+,31-,32-,33+/m0/s1. The summed E-state index contributed by atoms with van der Waals surface area (Å²) in [6.45, 7) is 7.42. The quantitative estimate of drug-likeness (QED) is 0.252. The Hall–Kier alpha value is -1.21. The number of aliphatic hydroxyl groups is 6. The highest BCUT2D eigenvalue weighted by molar-refractivity contribution is 5.95. The normalized spacial score (nSPS) is 53.3. The first-order valence-corrected chi connectivity index (χ1v) is 16.2. The number of aliphatic hydroxyl groups excluding tert-OH is 6. The molecule has 2 aliphatic heterocycles. The molecule has 0 spiro atoms. The smallest absolute Gasteiger partial charge is 0.187 e. The van der Waals surface area contributed by atoms with E-state index >= 15 is 0 Å². The van der Waals surface area contributed by atoms with Crippen LogP contribution in [0.25, 0.3) is 0 Å². The minimum absolute atomic E-state index is 0.0331. The molecule has 0 amide bonds. The van der Waals surface area contributed by atoms with Gasteiger partial charge < -0.3 is 44.8 Å². The Kier molecular flexibility index (Phi) is 8.53. The highest BCUT2D eigenvalue weighted by atomic mass is 16.7. The lowest BCUT2D eigenvalue weighted by Gasteiger charge is -2.58. The summed E-state index contributed by atoms with van der Waals surface area (Å²) in [6, 6.07) is 0. The van der Waals surface area contributed by atoms with Gasteiger partial charge in [-0.3, -0.25) is 4.79 Å². The molecule has 43 heavy (non-hydrogen) atoms. The molecule has 6 rings (SSSR count). The molecule has 4 aliphatic carbocycles. The number of hydrogen-bond acceptors (Lipinski definition) is 10. The minimum atomic E-state index is -1.59. The van der Waals surface area contributed by atoms with Crippen molar-refractivity contribution in [1.29, 1.82) is 0 Å². The van der Waals surface area contributed by atoms with E-state index in [4.69, 9.17) is 14.2 Å². The van der Waals surface area contributed by atoms with E-state index in [-0.39, 0.29) is 22.5 Å². The first-order chi connectivity index (χ1) is 20.3. The van der Waals surface area contributed by atoms with E-state index in [0.29, 0.717) is 17.8 Å². The van der Waals surface area contributed by atoms with E-state index in [1.807, 2.05) is 0 Å². The number of rotatable bonds is 5. The lowest BCUT2D eigenvalue weighted by atomic mass is 9.46. The summed E-state index contributed by atoms with van der Waals surface area (Å²) >= 11 is 0. The van der Waals surface area contributed by atoms with Crippen LogP contribution in [0.2, 0.25) is 0 Å². The zero-order valence-electron chi connectivity index (χ0n) is 25.7.